The summed E-state index contributed by atoms with van der Waals surface area (Å²) in [6.07, 6.45) is 2.18. The largest absolute Gasteiger partial charge is 0.469 e. The van der Waals surface area contributed by atoms with E-state index >= 15 is 0 Å². The van der Waals surface area contributed by atoms with Gasteiger partial charge in [-0.1, -0.05) is 0 Å². The van der Waals surface area contributed by atoms with Gasteiger partial charge in [0.2, 0.25) is 0 Å². The van der Waals surface area contributed by atoms with Gasteiger partial charge in [0.15, 0.2) is 0 Å². The van der Waals surface area contributed by atoms with Crippen LogP contribution < -0.4 is 0 Å². The van der Waals surface area contributed by atoms with E-state index in [1.807, 2.05) is 0 Å². The first-order valence-electron chi connectivity index (χ1n) is 4.99. The van der Waals surface area contributed by atoms with Gasteiger partial charge in [0, 0.05) is 13.8 Å². The second-order valence-electron chi connectivity index (χ2n) is 3.16. The van der Waals surface area contributed by atoms with Crippen LogP contribution in [0, 0.1) is 0 Å². The van der Waals surface area contributed by atoms with Crippen molar-refractivity contribution < 1.29 is 28.6 Å². The third-order valence-corrected chi connectivity index (χ3v) is 1.65. The monoisotopic (exact) mass is 244 g/mol. The van der Waals surface area contributed by atoms with Gasteiger partial charge in [-0.3, -0.25) is 14.4 Å². The van der Waals surface area contributed by atoms with Crippen molar-refractivity contribution >= 4 is 17.9 Å². The zero-order valence-corrected chi connectivity index (χ0v) is 10.1. The smallest absolute Gasteiger partial charge is 0.309 e. The highest BCUT2D eigenvalue weighted by molar-refractivity contribution is 5.71. The summed E-state index contributed by atoms with van der Waals surface area (Å²) >= 11 is 0. The molecule has 0 aromatic heterocycles. The Morgan fingerprint density at radius 2 is 1.82 bits per heavy atom. The molecular weight excluding hydrogens is 228 g/mol. The average molecular weight is 244 g/mol. The molecule has 0 saturated carbocycles. The SMILES string of the molecule is COC(=O)CC(/C=C/COC(C)=O)OC(C)=O. The van der Waals surface area contributed by atoms with E-state index in [9.17, 15) is 14.4 Å². The van der Waals surface area contributed by atoms with Gasteiger partial charge in [-0.15, -0.1) is 0 Å². The molecule has 0 aliphatic heterocycles. The molecule has 0 radical (unpaired) electrons. The van der Waals surface area contributed by atoms with Gasteiger partial charge in [-0.25, -0.2) is 0 Å². The fourth-order valence-corrected chi connectivity index (χ4v) is 0.983. The molecule has 0 bridgehead atoms. The molecule has 0 aromatic rings. The van der Waals surface area contributed by atoms with Crippen molar-refractivity contribution in [2.75, 3.05) is 13.7 Å². The van der Waals surface area contributed by atoms with Crippen LogP contribution in [0.5, 0.6) is 0 Å². The van der Waals surface area contributed by atoms with Crippen LogP contribution in [-0.4, -0.2) is 37.7 Å². The van der Waals surface area contributed by atoms with Gasteiger partial charge in [0.25, 0.3) is 0 Å². The van der Waals surface area contributed by atoms with Gasteiger partial charge >= 0.3 is 17.9 Å². The Morgan fingerprint density at radius 3 is 2.29 bits per heavy atom. The summed E-state index contributed by atoms with van der Waals surface area (Å²) in [5, 5.41) is 0. The molecule has 0 saturated heterocycles. The van der Waals surface area contributed by atoms with Crippen molar-refractivity contribution in [3.63, 3.8) is 0 Å². The number of hydrogen-bond donors (Lipinski definition) is 0. The lowest BCUT2D eigenvalue weighted by Crippen LogP contribution is -2.19. The van der Waals surface area contributed by atoms with Crippen molar-refractivity contribution in [2.45, 2.75) is 26.4 Å². The molecule has 0 aromatic carbocycles. The summed E-state index contributed by atoms with van der Waals surface area (Å²) in [5.41, 5.74) is 0. The second kappa shape index (κ2) is 8.32. The Balaban J connectivity index is 4.22. The highest BCUT2D eigenvalue weighted by atomic mass is 16.6. The van der Waals surface area contributed by atoms with Crippen LogP contribution in [0.1, 0.15) is 20.3 Å². The lowest BCUT2D eigenvalue weighted by Gasteiger charge is -2.11. The Morgan fingerprint density at radius 1 is 1.18 bits per heavy atom. The van der Waals surface area contributed by atoms with Crippen LogP contribution in [0.4, 0.5) is 0 Å². The van der Waals surface area contributed by atoms with Gasteiger partial charge in [0.1, 0.15) is 12.7 Å². The van der Waals surface area contributed by atoms with E-state index in [4.69, 9.17) is 4.74 Å². The topological polar surface area (TPSA) is 78.9 Å². The van der Waals surface area contributed by atoms with Crippen molar-refractivity contribution in [3.05, 3.63) is 12.2 Å². The van der Waals surface area contributed by atoms with Gasteiger partial charge in [-0.2, -0.15) is 0 Å². The Hall–Kier alpha value is -1.85. The molecular formula is C11H16O6. The van der Waals surface area contributed by atoms with Gasteiger partial charge in [0.05, 0.1) is 13.5 Å². The first kappa shape index (κ1) is 15.2. The number of ether oxygens (including phenoxy) is 3. The molecule has 0 fully saturated rings. The minimum atomic E-state index is -0.712. The number of carbonyl (C=O) groups is 3. The maximum absolute atomic E-state index is 11.0. The first-order valence-corrected chi connectivity index (χ1v) is 4.99. The highest BCUT2D eigenvalue weighted by Crippen LogP contribution is 2.03. The predicted molar refractivity (Wildman–Crippen MR) is 58.0 cm³/mol. The van der Waals surface area contributed by atoms with Crippen molar-refractivity contribution in [2.24, 2.45) is 0 Å². The van der Waals surface area contributed by atoms with E-state index in [0.29, 0.717) is 0 Å². The van der Waals surface area contributed by atoms with Crippen LogP contribution in [0.2, 0.25) is 0 Å². The van der Waals surface area contributed by atoms with Crippen molar-refractivity contribution in [3.8, 4) is 0 Å². The summed E-state index contributed by atoms with van der Waals surface area (Å²) in [6, 6.07) is 0. The summed E-state index contributed by atoms with van der Waals surface area (Å²) in [7, 11) is 1.25. The van der Waals surface area contributed by atoms with Crippen LogP contribution in [0.15, 0.2) is 12.2 Å². The normalized spacial score (nSPS) is 11.9. The Kier molecular flexibility index (Phi) is 7.41. The third-order valence-electron chi connectivity index (χ3n) is 1.65. The molecule has 0 N–H and O–H groups in total. The molecule has 17 heavy (non-hydrogen) atoms. The van der Waals surface area contributed by atoms with Crippen LogP contribution in [-0.2, 0) is 28.6 Å². The van der Waals surface area contributed by atoms with Crippen LogP contribution in [0.3, 0.4) is 0 Å². The predicted octanol–water partition coefficient (Wildman–Crippen LogP) is 0.600. The van der Waals surface area contributed by atoms with Crippen molar-refractivity contribution in [1.82, 2.24) is 0 Å². The molecule has 96 valence electrons. The summed E-state index contributed by atoms with van der Waals surface area (Å²) in [4.78, 5) is 32.3. The van der Waals surface area contributed by atoms with E-state index in [2.05, 4.69) is 9.47 Å². The Bertz CT molecular complexity index is 307. The maximum Gasteiger partial charge on any atom is 0.309 e. The fourth-order valence-electron chi connectivity index (χ4n) is 0.983. The lowest BCUT2D eigenvalue weighted by molar-refractivity contribution is -0.150. The van der Waals surface area contributed by atoms with Crippen molar-refractivity contribution in [1.29, 1.82) is 0 Å². The standard InChI is InChI=1S/C11H16O6/c1-8(12)16-6-4-5-10(17-9(2)13)7-11(14)15-3/h4-5,10H,6-7H2,1-3H3/b5-4+. The minimum Gasteiger partial charge on any atom is -0.469 e. The number of hydrogen-bond acceptors (Lipinski definition) is 6. The molecule has 0 rings (SSSR count). The molecule has 0 amide bonds. The Labute approximate surface area is 99.5 Å². The van der Waals surface area contributed by atoms with Crippen LogP contribution >= 0.6 is 0 Å². The van der Waals surface area contributed by atoms with E-state index in [-0.39, 0.29) is 13.0 Å². The summed E-state index contributed by atoms with van der Waals surface area (Å²) in [6.45, 7) is 2.59. The third kappa shape index (κ3) is 9.10. The van der Waals surface area contributed by atoms with E-state index in [1.54, 1.807) is 0 Å². The summed E-state index contributed by atoms with van der Waals surface area (Å²) < 4.78 is 14.0. The first-order chi connectivity index (χ1) is 7.95. The highest BCUT2D eigenvalue weighted by Gasteiger charge is 2.13. The maximum atomic E-state index is 11.0. The molecule has 0 aliphatic rings. The molecule has 1 unspecified atom stereocenters. The molecule has 0 spiro atoms. The number of rotatable bonds is 6. The molecule has 0 aliphatic carbocycles. The second-order valence-corrected chi connectivity index (χ2v) is 3.16. The fraction of sp³-hybridized carbons (Fsp3) is 0.545. The quantitative estimate of drug-likeness (QED) is 0.387. The molecule has 0 heterocycles. The molecule has 1 atom stereocenters. The summed E-state index contributed by atoms with van der Waals surface area (Å²) in [5.74, 6) is -1.41. The zero-order valence-electron chi connectivity index (χ0n) is 10.1. The van der Waals surface area contributed by atoms with E-state index in [0.717, 1.165) is 0 Å². The number of esters is 3. The van der Waals surface area contributed by atoms with Gasteiger partial charge < -0.3 is 14.2 Å². The van der Waals surface area contributed by atoms with Crippen LogP contribution in [0.25, 0.3) is 0 Å². The molecule has 6 nitrogen and oxygen atoms in total. The number of methoxy groups -OCH3 is 1. The molecule has 6 heteroatoms. The van der Waals surface area contributed by atoms with E-state index in [1.165, 1.54) is 33.1 Å². The number of carbonyl (C=O) groups excluding carboxylic acids is 3. The van der Waals surface area contributed by atoms with Gasteiger partial charge in [-0.05, 0) is 12.2 Å². The van der Waals surface area contributed by atoms with E-state index < -0.39 is 24.0 Å². The lowest BCUT2D eigenvalue weighted by atomic mass is 10.2. The zero-order chi connectivity index (χ0) is 13.3. The minimum absolute atomic E-state index is 0.0638. The average Bonchev–Trinajstić information content (AvgIpc) is 2.22.